The van der Waals surface area contributed by atoms with E-state index in [0.717, 1.165) is 51.3 Å². The normalized spacial score (nSPS) is 17.9. The molecule has 2 aliphatic rings. The third-order valence-corrected chi connectivity index (χ3v) is 5.83. The van der Waals surface area contributed by atoms with Crippen LogP contribution < -0.4 is 5.32 Å². The smallest absolute Gasteiger partial charge is 0.253 e. The van der Waals surface area contributed by atoms with E-state index in [-0.39, 0.29) is 17.7 Å². The molecule has 136 valence electrons. The zero-order chi connectivity index (χ0) is 17.9. The molecule has 0 spiro atoms. The molecule has 0 bridgehead atoms. The molecule has 2 aromatic rings. The van der Waals surface area contributed by atoms with E-state index in [1.165, 1.54) is 4.88 Å². The standard InChI is InChI=1S/C20H23N3O2S/c24-19(15-3-4-15)21-17-7-5-16(6-8-17)20(25)23-11-9-22(10-12-23)14-18-2-1-13-26-18/h1-2,5-8,13,15H,3-4,9-12,14H2,(H,21,24). The minimum Gasteiger partial charge on any atom is -0.336 e. The monoisotopic (exact) mass is 369 g/mol. The van der Waals surface area contributed by atoms with E-state index in [2.05, 4.69) is 27.7 Å². The Labute approximate surface area is 157 Å². The molecule has 6 heteroatoms. The fourth-order valence-electron chi connectivity index (χ4n) is 3.20. The molecule has 26 heavy (non-hydrogen) atoms. The fraction of sp³-hybridized carbons (Fsp3) is 0.400. The first-order valence-electron chi connectivity index (χ1n) is 9.14. The third kappa shape index (κ3) is 4.14. The molecule has 1 saturated heterocycles. The second-order valence-electron chi connectivity index (χ2n) is 6.99. The van der Waals surface area contributed by atoms with Gasteiger partial charge in [0.15, 0.2) is 0 Å². The van der Waals surface area contributed by atoms with Crippen LogP contribution >= 0.6 is 11.3 Å². The topological polar surface area (TPSA) is 52.7 Å². The Hall–Kier alpha value is -2.18. The Kier molecular flexibility index (Phi) is 5.04. The van der Waals surface area contributed by atoms with Crippen LogP contribution in [0.2, 0.25) is 0 Å². The largest absolute Gasteiger partial charge is 0.336 e. The SMILES string of the molecule is O=C(Nc1ccc(C(=O)N2CCN(Cc3cccs3)CC2)cc1)C1CC1. The highest BCUT2D eigenvalue weighted by atomic mass is 32.1. The zero-order valence-electron chi connectivity index (χ0n) is 14.7. The van der Waals surface area contributed by atoms with Crippen molar-refractivity contribution in [3.8, 4) is 0 Å². The summed E-state index contributed by atoms with van der Waals surface area (Å²) in [5, 5.41) is 5.01. The van der Waals surface area contributed by atoms with Gasteiger partial charge >= 0.3 is 0 Å². The summed E-state index contributed by atoms with van der Waals surface area (Å²) in [6, 6.07) is 11.5. The second-order valence-corrected chi connectivity index (χ2v) is 8.02. The number of amides is 2. The van der Waals surface area contributed by atoms with Crippen molar-refractivity contribution in [1.29, 1.82) is 0 Å². The highest BCUT2D eigenvalue weighted by Gasteiger charge is 2.29. The van der Waals surface area contributed by atoms with Crippen LogP contribution in [-0.4, -0.2) is 47.8 Å². The third-order valence-electron chi connectivity index (χ3n) is 4.97. The van der Waals surface area contributed by atoms with E-state index < -0.39 is 0 Å². The Morgan fingerprint density at radius 1 is 1.04 bits per heavy atom. The zero-order valence-corrected chi connectivity index (χ0v) is 15.5. The van der Waals surface area contributed by atoms with Gasteiger partial charge in [0.25, 0.3) is 5.91 Å². The molecule has 4 rings (SSSR count). The number of nitrogens with one attached hydrogen (secondary N) is 1. The number of anilines is 1. The Morgan fingerprint density at radius 2 is 1.77 bits per heavy atom. The van der Waals surface area contributed by atoms with Crippen molar-refractivity contribution in [3.63, 3.8) is 0 Å². The summed E-state index contributed by atoms with van der Waals surface area (Å²) in [7, 11) is 0. The van der Waals surface area contributed by atoms with Gasteiger partial charge in [-0.3, -0.25) is 14.5 Å². The number of thiophene rings is 1. The number of nitrogens with zero attached hydrogens (tertiary/aromatic N) is 2. The fourth-order valence-corrected chi connectivity index (χ4v) is 3.95. The van der Waals surface area contributed by atoms with Crippen molar-refractivity contribution in [2.24, 2.45) is 5.92 Å². The van der Waals surface area contributed by atoms with Gasteiger partial charge in [-0.25, -0.2) is 0 Å². The van der Waals surface area contributed by atoms with Crippen LogP contribution in [0.25, 0.3) is 0 Å². The summed E-state index contributed by atoms with van der Waals surface area (Å²) in [6.07, 6.45) is 1.97. The Morgan fingerprint density at radius 3 is 2.38 bits per heavy atom. The minimum absolute atomic E-state index is 0.0702. The summed E-state index contributed by atoms with van der Waals surface area (Å²) in [5.74, 6) is 0.341. The Balaban J connectivity index is 1.29. The second kappa shape index (κ2) is 7.60. The van der Waals surface area contributed by atoms with Gasteiger partial charge < -0.3 is 10.2 Å². The molecule has 1 aromatic heterocycles. The van der Waals surface area contributed by atoms with Crippen LogP contribution in [-0.2, 0) is 11.3 Å². The lowest BCUT2D eigenvalue weighted by molar-refractivity contribution is -0.117. The van der Waals surface area contributed by atoms with Gasteiger partial charge in [-0.05, 0) is 48.6 Å². The number of hydrogen-bond donors (Lipinski definition) is 1. The number of piperazine rings is 1. The van der Waals surface area contributed by atoms with Crippen molar-refractivity contribution in [1.82, 2.24) is 9.80 Å². The molecule has 1 aromatic carbocycles. The van der Waals surface area contributed by atoms with Gasteiger partial charge in [-0.2, -0.15) is 0 Å². The summed E-state index contributed by atoms with van der Waals surface area (Å²) in [6.45, 7) is 4.28. The molecule has 2 amide bonds. The van der Waals surface area contributed by atoms with Gasteiger partial charge in [0.05, 0.1) is 0 Å². The van der Waals surface area contributed by atoms with Crippen LogP contribution in [0.5, 0.6) is 0 Å². The average molecular weight is 369 g/mol. The molecule has 1 N–H and O–H groups in total. The molecule has 0 unspecified atom stereocenters. The summed E-state index contributed by atoms with van der Waals surface area (Å²) in [5.41, 5.74) is 1.44. The van der Waals surface area contributed by atoms with Crippen LogP contribution in [0.1, 0.15) is 28.1 Å². The lowest BCUT2D eigenvalue weighted by atomic mass is 10.1. The number of benzene rings is 1. The van der Waals surface area contributed by atoms with Gasteiger partial charge in [0.1, 0.15) is 0 Å². The first kappa shape index (κ1) is 17.2. The minimum atomic E-state index is 0.0702. The Bertz CT molecular complexity index is 761. The van der Waals surface area contributed by atoms with E-state index in [1.807, 2.05) is 29.2 Å². The lowest BCUT2D eigenvalue weighted by Gasteiger charge is -2.34. The van der Waals surface area contributed by atoms with Crippen LogP contribution in [0.3, 0.4) is 0 Å². The first-order chi connectivity index (χ1) is 12.7. The molecule has 0 radical (unpaired) electrons. The van der Waals surface area contributed by atoms with Crippen molar-refractivity contribution < 1.29 is 9.59 Å². The van der Waals surface area contributed by atoms with E-state index >= 15 is 0 Å². The number of hydrogen-bond acceptors (Lipinski definition) is 4. The molecule has 2 heterocycles. The quantitative estimate of drug-likeness (QED) is 0.881. The van der Waals surface area contributed by atoms with Gasteiger partial charge in [-0.15, -0.1) is 11.3 Å². The predicted octanol–water partition coefficient (Wildman–Crippen LogP) is 3.05. The van der Waals surface area contributed by atoms with Gasteiger partial charge in [-0.1, -0.05) is 6.07 Å². The number of carbonyl (C=O) groups excluding carboxylic acids is 2. The number of rotatable bonds is 5. The van der Waals surface area contributed by atoms with E-state index in [1.54, 1.807) is 11.3 Å². The molecular weight excluding hydrogens is 346 g/mol. The molecule has 1 aliphatic carbocycles. The van der Waals surface area contributed by atoms with Gasteiger partial charge in [0.2, 0.25) is 5.91 Å². The summed E-state index contributed by atoms with van der Waals surface area (Å²) >= 11 is 1.78. The maximum Gasteiger partial charge on any atom is 0.253 e. The number of carbonyl (C=O) groups is 2. The lowest BCUT2D eigenvalue weighted by Crippen LogP contribution is -2.48. The molecule has 1 saturated carbocycles. The molecule has 2 fully saturated rings. The van der Waals surface area contributed by atoms with Crippen molar-refractivity contribution in [2.75, 3.05) is 31.5 Å². The average Bonchev–Trinajstić information content (AvgIpc) is 3.40. The first-order valence-corrected chi connectivity index (χ1v) is 10.0. The molecule has 1 aliphatic heterocycles. The van der Waals surface area contributed by atoms with Crippen molar-refractivity contribution >= 4 is 28.8 Å². The molecule has 5 nitrogen and oxygen atoms in total. The summed E-state index contributed by atoms with van der Waals surface area (Å²) in [4.78, 5) is 30.2. The van der Waals surface area contributed by atoms with E-state index in [4.69, 9.17) is 0 Å². The van der Waals surface area contributed by atoms with E-state index in [0.29, 0.717) is 5.56 Å². The van der Waals surface area contributed by atoms with Crippen LogP contribution in [0, 0.1) is 5.92 Å². The van der Waals surface area contributed by atoms with Gasteiger partial charge in [0, 0.05) is 54.8 Å². The summed E-state index contributed by atoms with van der Waals surface area (Å²) < 4.78 is 0. The highest BCUT2D eigenvalue weighted by molar-refractivity contribution is 7.09. The van der Waals surface area contributed by atoms with Crippen LogP contribution in [0.15, 0.2) is 41.8 Å². The molecule has 0 atom stereocenters. The predicted molar refractivity (Wildman–Crippen MR) is 103 cm³/mol. The van der Waals surface area contributed by atoms with Crippen molar-refractivity contribution in [3.05, 3.63) is 52.2 Å². The van der Waals surface area contributed by atoms with E-state index in [9.17, 15) is 9.59 Å². The van der Waals surface area contributed by atoms with Crippen molar-refractivity contribution in [2.45, 2.75) is 19.4 Å². The highest BCUT2D eigenvalue weighted by Crippen LogP contribution is 2.30. The maximum absolute atomic E-state index is 12.7. The molecular formula is C20H23N3O2S. The maximum atomic E-state index is 12.7. The van der Waals surface area contributed by atoms with Crippen LogP contribution in [0.4, 0.5) is 5.69 Å².